The molecule has 52 valence electrons. The molecule has 1 aliphatic heterocycles. The summed E-state index contributed by atoms with van der Waals surface area (Å²) in [6.07, 6.45) is 0. The van der Waals surface area contributed by atoms with Crippen LogP contribution in [0, 0.1) is 0 Å². The molecule has 1 aliphatic rings. The summed E-state index contributed by atoms with van der Waals surface area (Å²) in [6.45, 7) is 1.89. The molecule has 0 bridgehead atoms. The number of hydrogen-bond acceptors (Lipinski definition) is 3. The molecule has 1 heterocycles. The van der Waals surface area contributed by atoms with E-state index in [0.29, 0.717) is 0 Å². The normalized spacial score (nSPS) is 34.1. The quantitative estimate of drug-likeness (QED) is 0.469. The van der Waals surface area contributed by atoms with Crippen molar-refractivity contribution in [3.05, 3.63) is 0 Å². The summed E-state index contributed by atoms with van der Waals surface area (Å²) in [5, 5.41) is 0. The summed E-state index contributed by atoms with van der Waals surface area (Å²) in [5.74, 6) is 0. The Hall–Kier alpha value is -0.410. The molecule has 3 heteroatoms. The fourth-order valence-electron chi connectivity index (χ4n) is 1.14. The van der Waals surface area contributed by atoms with Crippen LogP contribution in [-0.2, 0) is 0 Å². The zero-order valence-corrected chi connectivity index (χ0v) is 5.96. The van der Waals surface area contributed by atoms with E-state index in [0.717, 1.165) is 18.8 Å². The van der Waals surface area contributed by atoms with E-state index in [2.05, 4.69) is 16.9 Å². The Kier molecular flexibility index (Phi) is 1.83. The van der Waals surface area contributed by atoms with Crippen LogP contribution >= 0.6 is 0 Å². The van der Waals surface area contributed by atoms with Crippen LogP contribution in [0.1, 0.15) is 0 Å². The van der Waals surface area contributed by atoms with Crippen molar-refractivity contribution in [2.75, 3.05) is 27.2 Å². The summed E-state index contributed by atoms with van der Waals surface area (Å²) in [4.78, 5) is 6.24. The number of likely N-dealkylation sites (tertiary alicyclic amines) is 1. The van der Waals surface area contributed by atoms with Crippen LogP contribution in [0.5, 0.6) is 0 Å². The van der Waals surface area contributed by atoms with Gasteiger partial charge < -0.3 is 5.73 Å². The van der Waals surface area contributed by atoms with E-state index < -0.39 is 0 Å². The lowest BCUT2D eigenvalue weighted by Gasteiger charge is -2.02. The molecule has 0 amide bonds. The lowest BCUT2D eigenvalue weighted by atomic mass is 10.2. The van der Waals surface area contributed by atoms with Crippen LogP contribution in [0.25, 0.3) is 0 Å². The smallest absolute Gasteiger partial charge is 0.0568 e. The Balaban J connectivity index is 2.58. The van der Waals surface area contributed by atoms with Crippen molar-refractivity contribution in [3.8, 4) is 0 Å². The number of hydrogen-bond donors (Lipinski definition) is 1. The highest BCUT2D eigenvalue weighted by atomic mass is 15.2. The lowest BCUT2D eigenvalue weighted by molar-refractivity contribution is 0.416. The third-order valence-electron chi connectivity index (χ3n) is 1.66. The fraction of sp³-hybridized carbons (Fsp3) is 0.833. The van der Waals surface area contributed by atoms with Crippen molar-refractivity contribution < 1.29 is 0 Å². The van der Waals surface area contributed by atoms with E-state index in [1.54, 1.807) is 7.05 Å². The minimum absolute atomic E-state index is 0.181. The highest BCUT2D eigenvalue weighted by Gasteiger charge is 2.21. The van der Waals surface area contributed by atoms with E-state index in [1.165, 1.54) is 0 Å². The average molecular weight is 127 g/mol. The first-order chi connectivity index (χ1) is 4.24. The first kappa shape index (κ1) is 6.71. The van der Waals surface area contributed by atoms with Crippen LogP contribution in [0.3, 0.4) is 0 Å². The molecule has 0 aromatic heterocycles. The maximum atomic E-state index is 5.71. The van der Waals surface area contributed by atoms with Gasteiger partial charge in [0, 0.05) is 25.8 Å². The van der Waals surface area contributed by atoms with E-state index in [-0.39, 0.29) is 6.04 Å². The third kappa shape index (κ3) is 1.28. The molecule has 3 nitrogen and oxygen atoms in total. The molecule has 1 atom stereocenters. The van der Waals surface area contributed by atoms with Gasteiger partial charge in [-0.2, -0.15) is 0 Å². The molecule has 2 N–H and O–H groups in total. The van der Waals surface area contributed by atoms with Crippen LogP contribution in [-0.4, -0.2) is 43.8 Å². The van der Waals surface area contributed by atoms with Gasteiger partial charge in [-0.25, -0.2) is 0 Å². The highest BCUT2D eigenvalue weighted by molar-refractivity contribution is 5.93. The summed E-state index contributed by atoms with van der Waals surface area (Å²) in [5.41, 5.74) is 6.83. The molecule has 0 aromatic rings. The number of likely N-dealkylation sites (N-methyl/N-ethyl adjacent to an activating group) is 1. The molecule has 1 fully saturated rings. The molecule has 0 radical (unpaired) electrons. The van der Waals surface area contributed by atoms with Crippen LogP contribution in [0.15, 0.2) is 4.99 Å². The standard InChI is InChI=1S/C6H13N3/c1-8-6-4-9(2)3-5(6)7/h5H,3-4,7H2,1-2H3. The van der Waals surface area contributed by atoms with Crippen LogP contribution in [0.2, 0.25) is 0 Å². The second-order valence-corrected chi connectivity index (χ2v) is 2.52. The molecule has 1 saturated heterocycles. The maximum absolute atomic E-state index is 5.71. The van der Waals surface area contributed by atoms with Crippen molar-refractivity contribution >= 4 is 5.71 Å². The number of nitrogens with two attached hydrogens (primary N) is 1. The minimum atomic E-state index is 0.181. The van der Waals surface area contributed by atoms with E-state index in [9.17, 15) is 0 Å². The first-order valence-corrected chi connectivity index (χ1v) is 3.13. The predicted octanol–water partition coefficient (Wildman–Crippen LogP) is -0.670. The van der Waals surface area contributed by atoms with Crippen molar-refractivity contribution in [1.29, 1.82) is 0 Å². The summed E-state index contributed by atoms with van der Waals surface area (Å²) < 4.78 is 0. The molecule has 1 unspecified atom stereocenters. The molecule has 1 rings (SSSR count). The van der Waals surface area contributed by atoms with E-state index in [4.69, 9.17) is 5.73 Å². The Morgan fingerprint density at radius 1 is 1.78 bits per heavy atom. The topological polar surface area (TPSA) is 41.6 Å². The van der Waals surface area contributed by atoms with Crippen molar-refractivity contribution in [1.82, 2.24) is 4.90 Å². The summed E-state index contributed by atoms with van der Waals surface area (Å²) in [7, 11) is 3.85. The van der Waals surface area contributed by atoms with E-state index >= 15 is 0 Å². The van der Waals surface area contributed by atoms with Gasteiger partial charge in [-0.1, -0.05) is 0 Å². The van der Waals surface area contributed by atoms with Gasteiger partial charge in [0.05, 0.1) is 6.04 Å². The van der Waals surface area contributed by atoms with Crippen molar-refractivity contribution in [3.63, 3.8) is 0 Å². The molecule has 0 aliphatic carbocycles. The molecule has 0 saturated carbocycles. The van der Waals surface area contributed by atoms with E-state index in [1.807, 2.05) is 0 Å². The maximum Gasteiger partial charge on any atom is 0.0568 e. The van der Waals surface area contributed by atoms with Gasteiger partial charge >= 0.3 is 0 Å². The SMILES string of the molecule is CN=C1CN(C)CC1N. The molecule has 0 aromatic carbocycles. The second kappa shape index (κ2) is 2.45. The molecule has 9 heavy (non-hydrogen) atoms. The first-order valence-electron chi connectivity index (χ1n) is 3.13. The monoisotopic (exact) mass is 127 g/mol. The Labute approximate surface area is 55.6 Å². The third-order valence-corrected chi connectivity index (χ3v) is 1.66. The summed E-state index contributed by atoms with van der Waals surface area (Å²) >= 11 is 0. The molecular formula is C6H13N3. The van der Waals surface area contributed by atoms with Gasteiger partial charge in [0.2, 0.25) is 0 Å². The summed E-state index contributed by atoms with van der Waals surface area (Å²) in [6, 6.07) is 0.181. The Morgan fingerprint density at radius 3 is 2.67 bits per heavy atom. The number of nitrogens with zero attached hydrogens (tertiary/aromatic N) is 2. The lowest BCUT2D eigenvalue weighted by Crippen LogP contribution is -2.29. The van der Waals surface area contributed by atoms with Crippen LogP contribution in [0.4, 0.5) is 0 Å². The zero-order valence-electron chi connectivity index (χ0n) is 5.96. The minimum Gasteiger partial charge on any atom is -0.322 e. The molecule has 0 spiro atoms. The fourth-order valence-corrected chi connectivity index (χ4v) is 1.14. The molecular weight excluding hydrogens is 114 g/mol. The van der Waals surface area contributed by atoms with Gasteiger partial charge in [0.25, 0.3) is 0 Å². The number of rotatable bonds is 0. The van der Waals surface area contributed by atoms with Crippen molar-refractivity contribution in [2.45, 2.75) is 6.04 Å². The van der Waals surface area contributed by atoms with Gasteiger partial charge in [-0.05, 0) is 7.05 Å². The zero-order chi connectivity index (χ0) is 6.85. The van der Waals surface area contributed by atoms with Gasteiger partial charge in [-0.15, -0.1) is 0 Å². The van der Waals surface area contributed by atoms with Gasteiger partial charge in [-0.3, -0.25) is 9.89 Å². The van der Waals surface area contributed by atoms with Crippen molar-refractivity contribution in [2.24, 2.45) is 10.7 Å². The Morgan fingerprint density at radius 2 is 2.44 bits per heavy atom. The number of aliphatic imine (C=N–C) groups is 1. The Bertz CT molecular complexity index is 130. The highest BCUT2D eigenvalue weighted by Crippen LogP contribution is 2.00. The van der Waals surface area contributed by atoms with Gasteiger partial charge in [0.1, 0.15) is 0 Å². The average Bonchev–Trinajstić information content (AvgIpc) is 2.10. The van der Waals surface area contributed by atoms with Gasteiger partial charge in [0.15, 0.2) is 0 Å². The largest absolute Gasteiger partial charge is 0.322 e. The van der Waals surface area contributed by atoms with Crippen LogP contribution < -0.4 is 5.73 Å². The second-order valence-electron chi connectivity index (χ2n) is 2.52. The predicted molar refractivity (Wildman–Crippen MR) is 38.8 cm³/mol.